The summed E-state index contributed by atoms with van der Waals surface area (Å²) in [4.78, 5) is 11.5. The predicted octanol–water partition coefficient (Wildman–Crippen LogP) is 0.886. The number of nitrogens with zero attached hydrogens (tertiary/aromatic N) is 1. The Hall–Kier alpha value is -2.22. The molecule has 0 saturated heterocycles. The summed E-state index contributed by atoms with van der Waals surface area (Å²) < 4.78 is 10.2. The fraction of sp³-hybridized carbons (Fsp3) is 0.333. The average molecular weight is 234 g/mol. The molecule has 1 N–H and O–H groups in total. The quantitative estimate of drug-likeness (QED) is 0.768. The van der Waals surface area contributed by atoms with E-state index in [0.29, 0.717) is 11.5 Å². The van der Waals surface area contributed by atoms with Crippen LogP contribution in [0.5, 0.6) is 11.5 Å². The van der Waals surface area contributed by atoms with Crippen LogP contribution >= 0.6 is 0 Å². The highest BCUT2D eigenvalue weighted by molar-refractivity contribution is 5.79. The number of benzene rings is 1. The maximum Gasteiger partial charge on any atom is 0.225 e. The highest BCUT2D eigenvalue weighted by atomic mass is 16.5. The van der Waals surface area contributed by atoms with Crippen molar-refractivity contribution in [1.29, 1.82) is 5.26 Å². The molecule has 5 heteroatoms. The molecule has 0 aliphatic heterocycles. The Morgan fingerprint density at radius 2 is 2.18 bits per heavy atom. The standard InChI is InChI=1S/C12H14N2O3/c1-16-10-3-4-11(17-2)9(7-10)8-12(15)14-6-5-13/h3-4,7H,6,8H2,1-2H3,(H,14,15). The summed E-state index contributed by atoms with van der Waals surface area (Å²) in [6.07, 6.45) is 0.155. The Bertz CT molecular complexity index is 438. The van der Waals surface area contributed by atoms with Crippen molar-refractivity contribution in [2.24, 2.45) is 0 Å². The molecule has 1 aromatic rings. The van der Waals surface area contributed by atoms with Crippen LogP contribution < -0.4 is 14.8 Å². The van der Waals surface area contributed by atoms with Gasteiger partial charge in [-0.1, -0.05) is 0 Å². The van der Waals surface area contributed by atoms with Gasteiger partial charge in [0.25, 0.3) is 0 Å². The van der Waals surface area contributed by atoms with E-state index in [-0.39, 0.29) is 18.9 Å². The first kappa shape index (κ1) is 12.8. The molecular formula is C12H14N2O3. The van der Waals surface area contributed by atoms with Crippen molar-refractivity contribution in [3.63, 3.8) is 0 Å². The number of nitriles is 1. The van der Waals surface area contributed by atoms with Crippen molar-refractivity contribution in [3.05, 3.63) is 23.8 Å². The Kier molecular flexibility index (Phi) is 4.82. The smallest absolute Gasteiger partial charge is 0.225 e. The summed E-state index contributed by atoms with van der Waals surface area (Å²) in [5.74, 6) is 1.06. The van der Waals surface area contributed by atoms with E-state index < -0.39 is 0 Å². The van der Waals surface area contributed by atoms with E-state index in [0.717, 1.165) is 5.56 Å². The number of carbonyl (C=O) groups is 1. The summed E-state index contributed by atoms with van der Waals surface area (Å²) >= 11 is 0. The Labute approximate surface area is 100.0 Å². The van der Waals surface area contributed by atoms with E-state index >= 15 is 0 Å². The van der Waals surface area contributed by atoms with Crippen molar-refractivity contribution in [2.45, 2.75) is 6.42 Å². The summed E-state index contributed by atoms with van der Waals surface area (Å²) in [7, 11) is 3.10. The number of hydrogen-bond acceptors (Lipinski definition) is 4. The van der Waals surface area contributed by atoms with Gasteiger partial charge in [0.05, 0.1) is 26.7 Å². The molecule has 0 bridgehead atoms. The minimum absolute atomic E-state index is 0.00508. The molecule has 0 aliphatic carbocycles. The summed E-state index contributed by atoms with van der Waals surface area (Å²) in [6.45, 7) is 0.00508. The van der Waals surface area contributed by atoms with Gasteiger partial charge in [0.2, 0.25) is 5.91 Å². The van der Waals surface area contributed by atoms with E-state index in [1.807, 2.05) is 6.07 Å². The van der Waals surface area contributed by atoms with Crippen LogP contribution in [0.25, 0.3) is 0 Å². The molecule has 5 nitrogen and oxygen atoms in total. The summed E-state index contributed by atoms with van der Waals surface area (Å²) in [6, 6.07) is 7.09. The summed E-state index contributed by atoms with van der Waals surface area (Å²) in [5.41, 5.74) is 0.724. The normalized spacial score (nSPS) is 9.24. The second-order valence-corrected chi connectivity index (χ2v) is 3.29. The van der Waals surface area contributed by atoms with E-state index in [4.69, 9.17) is 14.7 Å². The zero-order valence-electron chi connectivity index (χ0n) is 9.82. The molecule has 0 spiro atoms. The van der Waals surface area contributed by atoms with Gasteiger partial charge in [-0.15, -0.1) is 0 Å². The minimum atomic E-state index is -0.224. The fourth-order valence-electron chi connectivity index (χ4n) is 1.39. The molecule has 0 atom stereocenters. The van der Waals surface area contributed by atoms with E-state index in [1.165, 1.54) is 0 Å². The first-order valence-corrected chi connectivity index (χ1v) is 5.05. The molecule has 90 valence electrons. The third-order valence-electron chi connectivity index (χ3n) is 2.20. The van der Waals surface area contributed by atoms with Crippen molar-refractivity contribution in [2.75, 3.05) is 20.8 Å². The molecular weight excluding hydrogens is 220 g/mol. The van der Waals surface area contributed by atoms with Crippen molar-refractivity contribution < 1.29 is 14.3 Å². The lowest BCUT2D eigenvalue weighted by Gasteiger charge is -2.09. The number of rotatable bonds is 5. The first-order chi connectivity index (χ1) is 8.21. The fourth-order valence-corrected chi connectivity index (χ4v) is 1.39. The topological polar surface area (TPSA) is 71.3 Å². The first-order valence-electron chi connectivity index (χ1n) is 5.05. The molecule has 0 heterocycles. The maximum absolute atomic E-state index is 11.5. The van der Waals surface area contributed by atoms with Gasteiger partial charge < -0.3 is 14.8 Å². The van der Waals surface area contributed by atoms with Crippen molar-refractivity contribution in [1.82, 2.24) is 5.32 Å². The zero-order valence-corrected chi connectivity index (χ0v) is 9.82. The number of amides is 1. The van der Waals surface area contributed by atoms with Crippen LogP contribution in [0.2, 0.25) is 0 Å². The lowest BCUT2D eigenvalue weighted by atomic mass is 10.1. The number of ether oxygens (including phenoxy) is 2. The number of hydrogen-bond donors (Lipinski definition) is 1. The molecule has 0 fully saturated rings. The number of nitrogens with one attached hydrogen (secondary N) is 1. The Balaban J connectivity index is 2.80. The molecule has 0 radical (unpaired) electrons. The van der Waals surface area contributed by atoms with E-state index in [9.17, 15) is 4.79 Å². The van der Waals surface area contributed by atoms with Gasteiger partial charge >= 0.3 is 0 Å². The van der Waals surface area contributed by atoms with Gasteiger partial charge in [0.1, 0.15) is 18.0 Å². The SMILES string of the molecule is COc1ccc(OC)c(CC(=O)NCC#N)c1. The van der Waals surface area contributed by atoms with Gasteiger partial charge in [-0.05, 0) is 18.2 Å². The van der Waals surface area contributed by atoms with Crippen LogP contribution in [-0.4, -0.2) is 26.7 Å². The van der Waals surface area contributed by atoms with Gasteiger partial charge in [-0.25, -0.2) is 0 Å². The van der Waals surface area contributed by atoms with Crippen LogP contribution in [0, 0.1) is 11.3 Å². The van der Waals surface area contributed by atoms with Crippen LogP contribution in [-0.2, 0) is 11.2 Å². The van der Waals surface area contributed by atoms with Crippen LogP contribution in [0.3, 0.4) is 0 Å². The zero-order chi connectivity index (χ0) is 12.7. The van der Waals surface area contributed by atoms with Gasteiger partial charge in [-0.3, -0.25) is 4.79 Å². The minimum Gasteiger partial charge on any atom is -0.497 e. The number of methoxy groups -OCH3 is 2. The number of carbonyl (C=O) groups excluding carboxylic acids is 1. The van der Waals surface area contributed by atoms with Gasteiger partial charge in [0, 0.05) is 5.56 Å². The predicted molar refractivity (Wildman–Crippen MR) is 61.9 cm³/mol. The van der Waals surface area contributed by atoms with Crippen LogP contribution in [0.15, 0.2) is 18.2 Å². The Morgan fingerprint density at radius 3 is 2.76 bits per heavy atom. The van der Waals surface area contributed by atoms with Gasteiger partial charge in [-0.2, -0.15) is 5.26 Å². The van der Waals surface area contributed by atoms with E-state index in [2.05, 4.69) is 5.32 Å². The van der Waals surface area contributed by atoms with Gasteiger partial charge in [0.15, 0.2) is 0 Å². The maximum atomic E-state index is 11.5. The second-order valence-electron chi connectivity index (χ2n) is 3.29. The summed E-state index contributed by atoms with van der Waals surface area (Å²) in [5, 5.41) is 10.8. The lowest BCUT2D eigenvalue weighted by Crippen LogP contribution is -2.25. The molecule has 0 unspecified atom stereocenters. The average Bonchev–Trinajstić information content (AvgIpc) is 2.36. The van der Waals surface area contributed by atoms with Crippen molar-refractivity contribution in [3.8, 4) is 17.6 Å². The molecule has 1 aromatic carbocycles. The molecule has 0 aliphatic rings. The molecule has 1 rings (SSSR count). The molecule has 0 saturated carbocycles. The monoisotopic (exact) mass is 234 g/mol. The Morgan fingerprint density at radius 1 is 1.41 bits per heavy atom. The lowest BCUT2D eigenvalue weighted by molar-refractivity contribution is -0.120. The van der Waals surface area contributed by atoms with E-state index in [1.54, 1.807) is 32.4 Å². The highest BCUT2D eigenvalue weighted by Crippen LogP contribution is 2.24. The second kappa shape index (κ2) is 6.38. The van der Waals surface area contributed by atoms with Crippen LogP contribution in [0.4, 0.5) is 0 Å². The third kappa shape index (κ3) is 3.68. The largest absolute Gasteiger partial charge is 0.497 e. The third-order valence-corrected chi connectivity index (χ3v) is 2.20. The van der Waals surface area contributed by atoms with Crippen LogP contribution in [0.1, 0.15) is 5.56 Å². The van der Waals surface area contributed by atoms with Crippen molar-refractivity contribution >= 4 is 5.91 Å². The molecule has 17 heavy (non-hydrogen) atoms. The highest BCUT2D eigenvalue weighted by Gasteiger charge is 2.09. The molecule has 0 aromatic heterocycles. The molecule has 1 amide bonds.